The molecular formula is C17H32O. The van der Waals surface area contributed by atoms with Crippen molar-refractivity contribution in [1.82, 2.24) is 0 Å². The summed E-state index contributed by atoms with van der Waals surface area (Å²) >= 11 is 0. The second-order valence-electron chi connectivity index (χ2n) is 4.79. The SMILES string of the molecule is C/C=C\C1=C(C=O)CC(C(C)C)C1.CC.CCC. The Morgan fingerprint density at radius 1 is 1.17 bits per heavy atom. The maximum atomic E-state index is 10.8. The normalized spacial score (nSPS) is 18.3. The van der Waals surface area contributed by atoms with Gasteiger partial charge in [-0.05, 0) is 42.7 Å². The van der Waals surface area contributed by atoms with Crippen LogP contribution in [0, 0.1) is 11.8 Å². The number of allylic oxidation sites excluding steroid dienone is 4. The van der Waals surface area contributed by atoms with E-state index in [9.17, 15) is 4.79 Å². The lowest BCUT2D eigenvalue weighted by Crippen LogP contribution is -2.04. The smallest absolute Gasteiger partial charge is 0.146 e. The molecule has 0 fully saturated rings. The highest BCUT2D eigenvalue weighted by molar-refractivity contribution is 5.76. The Morgan fingerprint density at radius 2 is 1.61 bits per heavy atom. The fourth-order valence-corrected chi connectivity index (χ4v) is 1.87. The molecule has 1 unspecified atom stereocenters. The first-order chi connectivity index (χ1) is 8.60. The first kappa shape index (κ1) is 19.5. The summed E-state index contributed by atoms with van der Waals surface area (Å²) in [6.45, 7) is 14.7. The summed E-state index contributed by atoms with van der Waals surface area (Å²) in [5.74, 6) is 1.35. The number of hydrogen-bond acceptors (Lipinski definition) is 1. The Balaban J connectivity index is 0. The summed E-state index contributed by atoms with van der Waals surface area (Å²) in [4.78, 5) is 10.8. The van der Waals surface area contributed by atoms with Gasteiger partial charge in [-0.1, -0.05) is 60.1 Å². The van der Waals surface area contributed by atoms with E-state index in [1.165, 1.54) is 12.0 Å². The van der Waals surface area contributed by atoms with Gasteiger partial charge in [0.25, 0.3) is 0 Å². The number of carbonyl (C=O) groups is 1. The van der Waals surface area contributed by atoms with Crippen LogP contribution in [0.5, 0.6) is 0 Å². The molecule has 0 aliphatic heterocycles. The molecule has 0 bridgehead atoms. The van der Waals surface area contributed by atoms with Gasteiger partial charge in [-0.3, -0.25) is 4.79 Å². The molecule has 0 aromatic heterocycles. The van der Waals surface area contributed by atoms with Crippen molar-refractivity contribution in [3.63, 3.8) is 0 Å². The van der Waals surface area contributed by atoms with Crippen LogP contribution in [-0.4, -0.2) is 6.29 Å². The number of rotatable bonds is 3. The lowest BCUT2D eigenvalue weighted by Gasteiger charge is -2.13. The zero-order valence-electron chi connectivity index (χ0n) is 13.4. The van der Waals surface area contributed by atoms with Gasteiger partial charge in [-0.15, -0.1) is 0 Å². The van der Waals surface area contributed by atoms with Crippen molar-refractivity contribution in [3.05, 3.63) is 23.3 Å². The Bertz CT molecular complexity index is 259. The van der Waals surface area contributed by atoms with Gasteiger partial charge >= 0.3 is 0 Å². The summed E-state index contributed by atoms with van der Waals surface area (Å²) in [7, 11) is 0. The van der Waals surface area contributed by atoms with Gasteiger partial charge in [-0.2, -0.15) is 0 Å². The molecule has 1 heteroatoms. The van der Waals surface area contributed by atoms with Crippen molar-refractivity contribution in [2.75, 3.05) is 0 Å². The van der Waals surface area contributed by atoms with Gasteiger partial charge in [-0.25, -0.2) is 0 Å². The third-order valence-corrected chi connectivity index (χ3v) is 2.83. The van der Waals surface area contributed by atoms with Gasteiger partial charge in [0, 0.05) is 0 Å². The van der Waals surface area contributed by atoms with Crippen LogP contribution in [0.15, 0.2) is 23.3 Å². The van der Waals surface area contributed by atoms with Crippen LogP contribution >= 0.6 is 0 Å². The second kappa shape index (κ2) is 12.6. The molecule has 1 atom stereocenters. The van der Waals surface area contributed by atoms with Crippen LogP contribution in [0.4, 0.5) is 0 Å². The monoisotopic (exact) mass is 252 g/mol. The van der Waals surface area contributed by atoms with E-state index < -0.39 is 0 Å². The maximum absolute atomic E-state index is 10.8. The van der Waals surface area contributed by atoms with E-state index in [0.29, 0.717) is 11.8 Å². The van der Waals surface area contributed by atoms with Gasteiger partial charge in [0.2, 0.25) is 0 Å². The molecule has 18 heavy (non-hydrogen) atoms. The highest BCUT2D eigenvalue weighted by atomic mass is 16.1. The quantitative estimate of drug-likeness (QED) is 0.600. The van der Waals surface area contributed by atoms with Crippen LogP contribution in [0.1, 0.15) is 67.7 Å². The van der Waals surface area contributed by atoms with Crippen molar-refractivity contribution < 1.29 is 4.79 Å². The Labute approximate surface area is 114 Å². The van der Waals surface area contributed by atoms with E-state index in [2.05, 4.69) is 33.8 Å². The van der Waals surface area contributed by atoms with Crippen molar-refractivity contribution >= 4 is 6.29 Å². The van der Waals surface area contributed by atoms with E-state index in [1.807, 2.05) is 26.8 Å². The maximum Gasteiger partial charge on any atom is 0.146 e. The topological polar surface area (TPSA) is 17.1 Å². The fourth-order valence-electron chi connectivity index (χ4n) is 1.87. The highest BCUT2D eigenvalue weighted by Crippen LogP contribution is 2.35. The fraction of sp³-hybridized carbons (Fsp3) is 0.706. The highest BCUT2D eigenvalue weighted by Gasteiger charge is 2.24. The van der Waals surface area contributed by atoms with E-state index in [0.717, 1.165) is 24.7 Å². The minimum atomic E-state index is 0.673. The van der Waals surface area contributed by atoms with Crippen molar-refractivity contribution in [3.8, 4) is 0 Å². The second-order valence-corrected chi connectivity index (χ2v) is 4.79. The first-order valence-corrected chi connectivity index (χ1v) is 7.40. The minimum Gasteiger partial charge on any atom is -0.298 e. The van der Waals surface area contributed by atoms with Crippen LogP contribution in [0.25, 0.3) is 0 Å². The van der Waals surface area contributed by atoms with Crippen molar-refractivity contribution in [1.29, 1.82) is 0 Å². The molecule has 0 aromatic rings. The summed E-state index contributed by atoms with van der Waals surface area (Å²) in [6, 6.07) is 0. The number of carbonyl (C=O) groups excluding carboxylic acids is 1. The standard InChI is InChI=1S/C12H18O.C3H8.C2H6/c1-4-5-10-6-11(9(2)3)7-12(10)8-13;1-3-2;1-2/h4-5,8-9,11H,6-7H2,1-3H3;3H2,1-2H3;1-2H3/b5-4-;;. The average Bonchev–Trinajstić information content (AvgIpc) is 2.77. The molecule has 0 N–H and O–H groups in total. The molecule has 1 aliphatic rings. The predicted molar refractivity (Wildman–Crippen MR) is 82.8 cm³/mol. The van der Waals surface area contributed by atoms with E-state index in [4.69, 9.17) is 0 Å². The molecule has 0 radical (unpaired) electrons. The average molecular weight is 252 g/mol. The lowest BCUT2D eigenvalue weighted by atomic mass is 9.92. The summed E-state index contributed by atoms with van der Waals surface area (Å²) < 4.78 is 0. The van der Waals surface area contributed by atoms with Gasteiger partial charge in [0.1, 0.15) is 6.29 Å². The minimum absolute atomic E-state index is 0.673. The molecule has 1 rings (SSSR count). The molecule has 0 aromatic carbocycles. The van der Waals surface area contributed by atoms with E-state index in [1.54, 1.807) is 0 Å². The molecule has 0 spiro atoms. The molecule has 0 saturated carbocycles. The molecule has 1 aliphatic carbocycles. The largest absolute Gasteiger partial charge is 0.298 e. The Kier molecular flexibility index (Phi) is 13.6. The third kappa shape index (κ3) is 7.47. The van der Waals surface area contributed by atoms with E-state index in [-0.39, 0.29) is 0 Å². The number of hydrogen-bond donors (Lipinski definition) is 0. The molecule has 0 heterocycles. The van der Waals surface area contributed by atoms with Crippen LogP contribution < -0.4 is 0 Å². The zero-order valence-corrected chi connectivity index (χ0v) is 13.4. The third-order valence-electron chi connectivity index (χ3n) is 2.83. The van der Waals surface area contributed by atoms with Crippen LogP contribution in [-0.2, 0) is 4.79 Å². The molecule has 0 amide bonds. The number of aldehydes is 1. The lowest BCUT2D eigenvalue weighted by molar-refractivity contribution is -0.105. The first-order valence-electron chi connectivity index (χ1n) is 7.40. The van der Waals surface area contributed by atoms with Gasteiger partial charge in [0.05, 0.1) is 0 Å². The molecular weight excluding hydrogens is 220 g/mol. The predicted octanol–water partition coefficient (Wildman–Crippen LogP) is 5.57. The molecule has 106 valence electrons. The zero-order chi connectivity index (χ0) is 14.6. The summed E-state index contributed by atoms with van der Waals surface area (Å²) in [5, 5.41) is 0. The molecule has 0 saturated heterocycles. The Hall–Kier alpha value is -0.850. The van der Waals surface area contributed by atoms with Gasteiger partial charge < -0.3 is 0 Å². The van der Waals surface area contributed by atoms with Crippen molar-refractivity contribution in [2.45, 2.75) is 67.7 Å². The summed E-state index contributed by atoms with van der Waals surface area (Å²) in [5.41, 5.74) is 2.26. The Morgan fingerprint density at radius 3 is 1.94 bits per heavy atom. The van der Waals surface area contributed by atoms with Crippen molar-refractivity contribution in [2.24, 2.45) is 11.8 Å². The van der Waals surface area contributed by atoms with Crippen LogP contribution in [0.2, 0.25) is 0 Å². The van der Waals surface area contributed by atoms with Gasteiger partial charge in [0.15, 0.2) is 0 Å². The van der Waals surface area contributed by atoms with Crippen LogP contribution in [0.3, 0.4) is 0 Å². The van der Waals surface area contributed by atoms with E-state index >= 15 is 0 Å². The molecule has 1 nitrogen and oxygen atoms in total. The summed E-state index contributed by atoms with van der Waals surface area (Å²) in [6.07, 6.45) is 8.42.